The molecule has 0 fully saturated rings. The van der Waals surface area contributed by atoms with Gasteiger partial charge in [0, 0.05) is 14.1 Å². The van der Waals surface area contributed by atoms with E-state index in [0.29, 0.717) is 33.7 Å². The number of hydrogen-bond donors (Lipinski definition) is 1. The Balaban J connectivity index is 1.61. The minimum atomic E-state index is -0.347. The first-order valence-electron chi connectivity index (χ1n) is 10.1. The first-order chi connectivity index (χ1) is 15.4. The van der Waals surface area contributed by atoms with Gasteiger partial charge in [0.1, 0.15) is 5.75 Å². The van der Waals surface area contributed by atoms with Crippen molar-refractivity contribution in [3.63, 3.8) is 0 Å². The van der Waals surface area contributed by atoms with E-state index in [9.17, 15) is 14.4 Å². The molecule has 0 aromatic heterocycles. The highest BCUT2D eigenvalue weighted by Crippen LogP contribution is 2.28. The van der Waals surface area contributed by atoms with Gasteiger partial charge in [0.15, 0.2) is 0 Å². The lowest BCUT2D eigenvalue weighted by Gasteiger charge is -2.19. The molecule has 3 aromatic rings. The van der Waals surface area contributed by atoms with Crippen LogP contribution < -0.4 is 15.0 Å². The van der Waals surface area contributed by atoms with E-state index in [2.05, 4.69) is 5.32 Å². The average Bonchev–Trinajstić information content (AvgIpc) is 3.04. The van der Waals surface area contributed by atoms with Crippen LogP contribution in [-0.2, 0) is 6.54 Å². The van der Waals surface area contributed by atoms with Crippen LogP contribution in [0.5, 0.6) is 5.75 Å². The molecule has 0 saturated heterocycles. The SMILES string of the molecule is COc1ccc(CN2C(=O)c3ccccc3C2=O)cc1C(=O)Nc1ccccc1N(C)C. The Morgan fingerprint density at radius 3 is 2.19 bits per heavy atom. The minimum absolute atomic E-state index is 0.0604. The molecule has 1 N–H and O–H groups in total. The largest absolute Gasteiger partial charge is 0.496 e. The second-order valence-electron chi connectivity index (χ2n) is 7.64. The Morgan fingerprint density at radius 1 is 0.938 bits per heavy atom. The molecule has 162 valence electrons. The van der Waals surface area contributed by atoms with Crippen molar-refractivity contribution in [1.29, 1.82) is 0 Å². The fraction of sp³-hybridized carbons (Fsp3) is 0.160. The quantitative estimate of drug-likeness (QED) is 0.603. The summed E-state index contributed by atoms with van der Waals surface area (Å²) in [5.74, 6) is -0.629. The maximum Gasteiger partial charge on any atom is 0.261 e. The molecule has 7 heteroatoms. The standard InChI is InChI=1S/C25H23N3O4/c1-27(2)21-11-7-6-10-20(21)26-23(29)19-14-16(12-13-22(19)32-3)15-28-24(30)17-8-4-5-9-18(17)25(28)31/h4-14H,15H2,1-3H3,(H,26,29). The molecular formula is C25H23N3O4. The van der Waals surface area contributed by atoms with Gasteiger partial charge in [0.05, 0.1) is 41.7 Å². The van der Waals surface area contributed by atoms with Gasteiger partial charge in [0.2, 0.25) is 0 Å². The first kappa shape index (κ1) is 21.1. The number of anilines is 2. The second-order valence-corrected chi connectivity index (χ2v) is 7.64. The van der Waals surface area contributed by atoms with Crippen LogP contribution in [0.3, 0.4) is 0 Å². The predicted octanol–water partition coefficient (Wildman–Crippen LogP) is 3.81. The highest BCUT2D eigenvalue weighted by atomic mass is 16.5. The van der Waals surface area contributed by atoms with Crippen molar-refractivity contribution in [3.8, 4) is 5.75 Å². The molecular weight excluding hydrogens is 406 g/mol. The summed E-state index contributed by atoms with van der Waals surface area (Å²) in [6.07, 6.45) is 0. The summed E-state index contributed by atoms with van der Waals surface area (Å²) in [7, 11) is 5.28. The molecule has 0 aliphatic carbocycles. The smallest absolute Gasteiger partial charge is 0.261 e. The van der Waals surface area contributed by atoms with Gasteiger partial charge >= 0.3 is 0 Å². The van der Waals surface area contributed by atoms with Crippen molar-refractivity contribution < 1.29 is 19.1 Å². The maximum atomic E-state index is 13.1. The average molecular weight is 429 g/mol. The predicted molar refractivity (Wildman–Crippen MR) is 122 cm³/mol. The summed E-state index contributed by atoms with van der Waals surface area (Å²) in [6.45, 7) is 0.0604. The Kier molecular flexibility index (Phi) is 5.64. The van der Waals surface area contributed by atoms with E-state index in [1.165, 1.54) is 12.0 Å². The van der Waals surface area contributed by atoms with Crippen LogP contribution in [0.2, 0.25) is 0 Å². The second kappa shape index (κ2) is 8.55. The van der Waals surface area contributed by atoms with Crippen LogP contribution in [0.25, 0.3) is 0 Å². The normalized spacial score (nSPS) is 12.5. The van der Waals surface area contributed by atoms with Crippen molar-refractivity contribution in [2.45, 2.75) is 6.54 Å². The molecule has 0 saturated carbocycles. The zero-order chi connectivity index (χ0) is 22.8. The number of para-hydroxylation sites is 2. The molecule has 1 heterocycles. The molecule has 1 aliphatic heterocycles. The molecule has 4 rings (SSSR count). The molecule has 32 heavy (non-hydrogen) atoms. The summed E-state index contributed by atoms with van der Waals surface area (Å²) >= 11 is 0. The van der Waals surface area contributed by atoms with E-state index in [-0.39, 0.29) is 24.3 Å². The topological polar surface area (TPSA) is 78.9 Å². The van der Waals surface area contributed by atoms with Crippen molar-refractivity contribution in [2.75, 3.05) is 31.4 Å². The lowest BCUT2D eigenvalue weighted by atomic mass is 10.1. The van der Waals surface area contributed by atoms with Crippen molar-refractivity contribution in [2.24, 2.45) is 0 Å². The van der Waals surface area contributed by atoms with Gasteiger partial charge in [-0.2, -0.15) is 0 Å². The third kappa shape index (κ3) is 3.80. The molecule has 3 amide bonds. The van der Waals surface area contributed by atoms with Gasteiger partial charge in [-0.15, -0.1) is 0 Å². The molecule has 0 radical (unpaired) electrons. The Labute approximate surface area is 186 Å². The summed E-state index contributed by atoms with van der Waals surface area (Å²) in [5, 5.41) is 2.93. The highest BCUT2D eigenvalue weighted by Gasteiger charge is 2.35. The number of ether oxygens (including phenoxy) is 1. The molecule has 0 unspecified atom stereocenters. The van der Waals surface area contributed by atoms with Crippen LogP contribution >= 0.6 is 0 Å². The molecule has 0 spiro atoms. The van der Waals surface area contributed by atoms with E-state index in [4.69, 9.17) is 4.74 Å². The van der Waals surface area contributed by atoms with Gasteiger partial charge in [-0.25, -0.2) is 0 Å². The van der Waals surface area contributed by atoms with Crippen LogP contribution in [-0.4, -0.2) is 43.8 Å². The van der Waals surface area contributed by atoms with Crippen LogP contribution in [0.4, 0.5) is 11.4 Å². The summed E-state index contributed by atoms with van der Waals surface area (Å²) in [6, 6.07) is 19.3. The number of benzene rings is 3. The number of amides is 3. The zero-order valence-electron chi connectivity index (χ0n) is 18.1. The summed E-state index contributed by atoms with van der Waals surface area (Å²) in [5.41, 5.74) is 3.27. The summed E-state index contributed by atoms with van der Waals surface area (Å²) < 4.78 is 5.38. The van der Waals surface area contributed by atoms with Gasteiger partial charge in [0.25, 0.3) is 17.7 Å². The summed E-state index contributed by atoms with van der Waals surface area (Å²) in [4.78, 5) is 41.6. The Morgan fingerprint density at radius 2 is 1.56 bits per heavy atom. The molecule has 3 aromatic carbocycles. The number of hydrogen-bond acceptors (Lipinski definition) is 5. The monoisotopic (exact) mass is 429 g/mol. The third-order valence-electron chi connectivity index (χ3n) is 5.36. The van der Waals surface area contributed by atoms with E-state index in [0.717, 1.165) is 5.69 Å². The van der Waals surface area contributed by atoms with Gasteiger partial charge in [-0.3, -0.25) is 19.3 Å². The van der Waals surface area contributed by atoms with E-state index in [1.54, 1.807) is 42.5 Å². The number of methoxy groups -OCH3 is 1. The number of carbonyl (C=O) groups excluding carboxylic acids is 3. The number of fused-ring (bicyclic) bond motifs is 1. The maximum absolute atomic E-state index is 13.1. The zero-order valence-corrected chi connectivity index (χ0v) is 18.1. The Bertz CT molecular complexity index is 1180. The number of carbonyl (C=O) groups is 3. The van der Waals surface area contributed by atoms with Gasteiger partial charge < -0.3 is 15.0 Å². The van der Waals surface area contributed by atoms with Crippen molar-refractivity contribution in [1.82, 2.24) is 4.90 Å². The van der Waals surface area contributed by atoms with Crippen LogP contribution in [0.15, 0.2) is 66.7 Å². The van der Waals surface area contributed by atoms with Crippen LogP contribution in [0, 0.1) is 0 Å². The number of rotatable bonds is 6. The molecule has 7 nitrogen and oxygen atoms in total. The molecule has 0 atom stereocenters. The van der Waals surface area contributed by atoms with E-state index < -0.39 is 0 Å². The fourth-order valence-corrected chi connectivity index (χ4v) is 3.76. The van der Waals surface area contributed by atoms with E-state index in [1.807, 2.05) is 43.3 Å². The number of imide groups is 1. The molecule has 0 bridgehead atoms. The number of nitrogens with zero attached hydrogens (tertiary/aromatic N) is 2. The van der Waals surface area contributed by atoms with E-state index >= 15 is 0 Å². The lowest BCUT2D eigenvalue weighted by molar-refractivity contribution is 0.0642. The third-order valence-corrected chi connectivity index (χ3v) is 5.36. The highest BCUT2D eigenvalue weighted by molar-refractivity contribution is 6.21. The minimum Gasteiger partial charge on any atom is -0.496 e. The van der Waals surface area contributed by atoms with Crippen molar-refractivity contribution >= 4 is 29.1 Å². The molecule has 1 aliphatic rings. The lowest BCUT2D eigenvalue weighted by Crippen LogP contribution is -2.29. The number of nitrogens with one attached hydrogen (secondary N) is 1. The van der Waals surface area contributed by atoms with Gasteiger partial charge in [-0.1, -0.05) is 30.3 Å². The van der Waals surface area contributed by atoms with Gasteiger partial charge in [-0.05, 0) is 42.0 Å². The van der Waals surface area contributed by atoms with Crippen LogP contribution in [0.1, 0.15) is 36.6 Å². The fourth-order valence-electron chi connectivity index (χ4n) is 3.76. The first-order valence-corrected chi connectivity index (χ1v) is 10.1. The van der Waals surface area contributed by atoms with Crippen molar-refractivity contribution in [3.05, 3.63) is 89.0 Å². The Hall–Kier alpha value is -4.13.